The molecule has 0 saturated heterocycles. The van der Waals surface area contributed by atoms with Crippen LogP contribution in [0.1, 0.15) is 5.56 Å². The van der Waals surface area contributed by atoms with Crippen molar-refractivity contribution in [3.63, 3.8) is 0 Å². The topological polar surface area (TPSA) is 95.6 Å². The number of halogens is 1. The Balaban J connectivity index is 1.90. The number of anilines is 2. The highest BCUT2D eigenvalue weighted by molar-refractivity contribution is 7.92. The Morgan fingerprint density at radius 2 is 1.75 bits per heavy atom. The second-order valence-electron chi connectivity index (χ2n) is 6.05. The third-order valence-electron chi connectivity index (χ3n) is 3.54. The minimum Gasteiger partial charge on any atom is -0.333 e. The number of hydrogen-bond acceptors (Lipinski definition) is 4. The van der Waals surface area contributed by atoms with Crippen molar-refractivity contribution in [3.05, 3.63) is 65.2 Å². The van der Waals surface area contributed by atoms with Crippen LogP contribution < -0.4 is 10.0 Å². The van der Waals surface area contributed by atoms with Crippen molar-refractivity contribution in [2.24, 2.45) is 0 Å². The smallest absolute Gasteiger partial charge is 0.246 e. The SMILES string of the molecule is CN(CC(=O)Nc1ccccc1Cl)C(=O)/C=C/c1ccc(NS(C)(=O)=O)cc1. The molecule has 0 atom stereocenters. The van der Waals surface area contributed by atoms with Gasteiger partial charge in [-0.3, -0.25) is 14.3 Å². The summed E-state index contributed by atoms with van der Waals surface area (Å²) in [5.41, 5.74) is 1.62. The normalized spacial score (nSPS) is 11.2. The van der Waals surface area contributed by atoms with Gasteiger partial charge in [-0.1, -0.05) is 35.9 Å². The molecule has 7 nitrogen and oxygen atoms in total. The van der Waals surface area contributed by atoms with Crippen LogP contribution in [0.5, 0.6) is 0 Å². The van der Waals surface area contributed by atoms with Gasteiger partial charge in [-0.15, -0.1) is 0 Å². The van der Waals surface area contributed by atoms with E-state index in [0.29, 0.717) is 22.0 Å². The fourth-order valence-corrected chi connectivity index (χ4v) is 2.96. The summed E-state index contributed by atoms with van der Waals surface area (Å²) in [4.78, 5) is 25.5. The van der Waals surface area contributed by atoms with Crippen LogP contribution in [0, 0.1) is 0 Å². The van der Waals surface area contributed by atoms with Gasteiger partial charge in [0.25, 0.3) is 0 Å². The summed E-state index contributed by atoms with van der Waals surface area (Å²) in [6.45, 7) is -0.133. The maximum atomic E-state index is 12.2. The van der Waals surface area contributed by atoms with Gasteiger partial charge < -0.3 is 10.2 Å². The van der Waals surface area contributed by atoms with Crippen molar-refractivity contribution in [1.82, 2.24) is 4.90 Å². The first kappa shape index (κ1) is 21.5. The largest absolute Gasteiger partial charge is 0.333 e. The van der Waals surface area contributed by atoms with Crippen LogP contribution >= 0.6 is 11.6 Å². The highest BCUT2D eigenvalue weighted by atomic mass is 35.5. The van der Waals surface area contributed by atoms with E-state index in [2.05, 4.69) is 10.0 Å². The second kappa shape index (κ2) is 9.38. The summed E-state index contributed by atoms with van der Waals surface area (Å²) in [5, 5.41) is 3.06. The van der Waals surface area contributed by atoms with Crippen molar-refractivity contribution >= 4 is 50.9 Å². The van der Waals surface area contributed by atoms with Crippen LogP contribution in [0.2, 0.25) is 5.02 Å². The average molecular weight is 422 g/mol. The lowest BCUT2D eigenvalue weighted by Crippen LogP contribution is -2.33. The molecule has 0 aliphatic rings. The van der Waals surface area contributed by atoms with E-state index in [1.165, 1.54) is 18.0 Å². The molecule has 0 heterocycles. The predicted octanol–water partition coefficient (Wildman–Crippen LogP) is 2.82. The van der Waals surface area contributed by atoms with Gasteiger partial charge in [0.1, 0.15) is 0 Å². The molecule has 0 radical (unpaired) electrons. The van der Waals surface area contributed by atoms with E-state index < -0.39 is 10.0 Å². The number of benzene rings is 2. The molecule has 9 heteroatoms. The Morgan fingerprint density at radius 1 is 1.11 bits per heavy atom. The van der Waals surface area contributed by atoms with Crippen molar-refractivity contribution in [2.45, 2.75) is 0 Å². The molecule has 2 rings (SSSR count). The number of likely N-dealkylation sites (N-methyl/N-ethyl adjacent to an activating group) is 1. The highest BCUT2D eigenvalue weighted by Gasteiger charge is 2.12. The lowest BCUT2D eigenvalue weighted by molar-refractivity contribution is -0.129. The molecule has 0 bridgehead atoms. The number of nitrogens with zero attached hydrogens (tertiary/aromatic N) is 1. The van der Waals surface area contributed by atoms with Crippen LogP contribution in [0.4, 0.5) is 11.4 Å². The average Bonchev–Trinajstić information content (AvgIpc) is 2.61. The van der Waals surface area contributed by atoms with Crippen LogP contribution in [0.15, 0.2) is 54.6 Å². The van der Waals surface area contributed by atoms with Gasteiger partial charge in [0.05, 0.1) is 23.5 Å². The van der Waals surface area contributed by atoms with Gasteiger partial charge in [-0.25, -0.2) is 8.42 Å². The standard InChI is InChI=1S/C19H20ClN3O4S/c1-23(13-18(24)21-17-6-4-3-5-16(17)20)19(25)12-9-14-7-10-15(11-8-14)22-28(2,26)27/h3-12,22H,13H2,1-2H3,(H,21,24)/b12-9+. The number of carbonyl (C=O) groups excluding carboxylic acids is 2. The van der Waals surface area contributed by atoms with Crippen LogP contribution in [0.3, 0.4) is 0 Å². The number of carbonyl (C=O) groups is 2. The molecule has 0 spiro atoms. The zero-order valence-electron chi connectivity index (χ0n) is 15.3. The van der Waals surface area contributed by atoms with Gasteiger partial charge in [0, 0.05) is 18.8 Å². The molecule has 2 aromatic carbocycles. The van der Waals surface area contributed by atoms with Crippen LogP contribution in [0.25, 0.3) is 6.08 Å². The van der Waals surface area contributed by atoms with Gasteiger partial charge in [0.15, 0.2) is 0 Å². The molecular formula is C19H20ClN3O4S. The number of sulfonamides is 1. The minimum absolute atomic E-state index is 0.133. The first-order valence-corrected chi connectivity index (χ1v) is 10.5. The van der Waals surface area contributed by atoms with E-state index in [4.69, 9.17) is 11.6 Å². The predicted molar refractivity (Wildman–Crippen MR) is 112 cm³/mol. The fourth-order valence-electron chi connectivity index (χ4n) is 2.22. The Labute approximate surface area is 169 Å². The molecular weight excluding hydrogens is 402 g/mol. The fraction of sp³-hybridized carbons (Fsp3) is 0.158. The van der Waals surface area contributed by atoms with E-state index in [1.807, 2.05) is 0 Å². The first-order valence-electron chi connectivity index (χ1n) is 8.19. The summed E-state index contributed by atoms with van der Waals surface area (Å²) >= 11 is 5.99. The molecule has 0 unspecified atom stereocenters. The van der Waals surface area contributed by atoms with Crippen molar-refractivity contribution in [3.8, 4) is 0 Å². The third-order valence-corrected chi connectivity index (χ3v) is 4.47. The summed E-state index contributed by atoms with van der Waals surface area (Å²) in [6.07, 6.45) is 3.98. The first-order chi connectivity index (χ1) is 13.1. The molecule has 0 saturated carbocycles. The summed E-state index contributed by atoms with van der Waals surface area (Å²) in [7, 11) is -1.83. The molecule has 2 N–H and O–H groups in total. The zero-order chi connectivity index (χ0) is 20.7. The Morgan fingerprint density at radius 3 is 2.36 bits per heavy atom. The zero-order valence-corrected chi connectivity index (χ0v) is 16.9. The summed E-state index contributed by atoms with van der Waals surface area (Å²) in [5.74, 6) is -0.721. The van der Waals surface area contributed by atoms with Crippen molar-refractivity contribution < 1.29 is 18.0 Å². The Bertz CT molecular complexity index is 988. The van der Waals surface area contributed by atoms with Gasteiger partial charge in [0.2, 0.25) is 21.8 Å². The molecule has 28 heavy (non-hydrogen) atoms. The van der Waals surface area contributed by atoms with E-state index in [0.717, 1.165) is 6.26 Å². The molecule has 2 amide bonds. The molecule has 0 aliphatic carbocycles. The summed E-state index contributed by atoms with van der Waals surface area (Å²) in [6, 6.07) is 13.3. The third kappa shape index (κ3) is 7.05. The monoisotopic (exact) mass is 421 g/mol. The van der Waals surface area contributed by atoms with Crippen molar-refractivity contribution in [1.29, 1.82) is 0 Å². The number of rotatable bonds is 7. The Kier molecular flexibility index (Phi) is 7.19. The number of nitrogens with one attached hydrogen (secondary N) is 2. The second-order valence-corrected chi connectivity index (χ2v) is 8.21. The van der Waals surface area contributed by atoms with E-state index in [-0.39, 0.29) is 18.4 Å². The van der Waals surface area contributed by atoms with E-state index in [1.54, 1.807) is 54.6 Å². The highest BCUT2D eigenvalue weighted by Crippen LogP contribution is 2.20. The van der Waals surface area contributed by atoms with Gasteiger partial charge >= 0.3 is 0 Å². The lowest BCUT2D eigenvalue weighted by atomic mass is 10.2. The number of hydrogen-bond donors (Lipinski definition) is 2. The molecule has 0 aliphatic heterocycles. The van der Waals surface area contributed by atoms with E-state index >= 15 is 0 Å². The minimum atomic E-state index is -3.34. The van der Waals surface area contributed by atoms with Crippen LogP contribution in [-0.2, 0) is 19.6 Å². The van der Waals surface area contributed by atoms with Crippen molar-refractivity contribution in [2.75, 3.05) is 29.9 Å². The lowest BCUT2D eigenvalue weighted by Gasteiger charge is -2.15. The molecule has 148 valence electrons. The maximum absolute atomic E-state index is 12.2. The molecule has 2 aromatic rings. The maximum Gasteiger partial charge on any atom is 0.246 e. The quantitative estimate of drug-likeness (QED) is 0.672. The van der Waals surface area contributed by atoms with Gasteiger partial charge in [-0.05, 0) is 35.9 Å². The van der Waals surface area contributed by atoms with Crippen LogP contribution in [-0.4, -0.2) is 45.0 Å². The molecule has 0 fully saturated rings. The number of para-hydroxylation sites is 1. The number of amides is 2. The van der Waals surface area contributed by atoms with E-state index in [9.17, 15) is 18.0 Å². The van der Waals surface area contributed by atoms with Gasteiger partial charge in [-0.2, -0.15) is 0 Å². The Hall–Kier alpha value is -2.84. The summed E-state index contributed by atoms with van der Waals surface area (Å²) < 4.78 is 24.7. The molecule has 0 aromatic heterocycles.